The molecule has 0 unspecified atom stereocenters. The number of carboxylic acid groups (broad SMARTS) is 1. The van der Waals surface area contributed by atoms with Gasteiger partial charge in [0.1, 0.15) is 17.3 Å². The second kappa shape index (κ2) is 12.7. The fraction of sp³-hybridized carbons (Fsp3) is 0.370. The second-order valence-electron chi connectivity index (χ2n) is 9.61. The molecule has 3 N–H and O–H groups in total. The van der Waals surface area contributed by atoms with E-state index < -0.39 is 23.7 Å². The average Bonchev–Trinajstić information content (AvgIpc) is 3.33. The average molecular weight is 508 g/mol. The second-order valence-corrected chi connectivity index (χ2v) is 9.61. The zero-order valence-corrected chi connectivity index (χ0v) is 21.3. The Morgan fingerprint density at radius 1 is 1.03 bits per heavy atom. The van der Waals surface area contributed by atoms with Crippen LogP contribution >= 0.6 is 0 Å². The first kappa shape index (κ1) is 27.4. The highest BCUT2D eigenvalue weighted by atomic mass is 16.6. The zero-order chi connectivity index (χ0) is 26.8. The molecule has 10 heteroatoms. The van der Waals surface area contributed by atoms with Gasteiger partial charge < -0.3 is 20.5 Å². The van der Waals surface area contributed by atoms with Crippen molar-refractivity contribution in [2.45, 2.75) is 58.1 Å². The predicted octanol–water partition coefficient (Wildman–Crippen LogP) is 3.74. The normalized spacial score (nSPS) is 12.0. The molecule has 0 spiro atoms. The lowest BCUT2D eigenvalue weighted by Gasteiger charge is -2.22. The van der Waals surface area contributed by atoms with Gasteiger partial charge in [-0.25, -0.2) is 9.59 Å². The van der Waals surface area contributed by atoms with E-state index in [0.29, 0.717) is 19.4 Å². The number of hydrogen-bond donors (Lipinski definition) is 3. The summed E-state index contributed by atoms with van der Waals surface area (Å²) in [5.41, 5.74) is 2.70. The lowest BCUT2D eigenvalue weighted by Crippen LogP contribution is -2.43. The van der Waals surface area contributed by atoms with E-state index in [-0.39, 0.29) is 18.7 Å². The van der Waals surface area contributed by atoms with Crippen molar-refractivity contribution in [1.29, 1.82) is 0 Å². The number of ether oxygens (including phenoxy) is 1. The quantitative estimate of drug-likeness (QED) is 0.336. The third kappa shape index (κ3) is 9.06. The van der Waals surface area contributed by atoms with Crippen molar-refractivity contribution in [2.75, 3.05) is 6.54 Å². The number of carbonyl (C=O) groups excluding carboxylic acids is 2. The maximum atomic E-state index is 12.3. The van der Waals surface area contributed by atoms with Gasteiger partial charge in [0.25, 0.3) is 0 Å². The lowest BCUT2D eigenvalue weighted by molar-refractivity contribution is -0.139. The van der Waals surface area contributed by atoms with Crippen molar-refractivity contribution in [3.8, 4) is 16.9 Å². The van der Waals surface area contributed by atoms with Crippen molar-refractivity contribution < 1.29 is 24.2 Å². The molecule has 0 bridgehead atoms. The molecule has 1 aromatic heterocycles. The third-order valence-electron chi connectivity index (χ3n) is 5.32. The zero-order valence-electron chi connectivity index (χ0n) is 21.3. The van der Waals surface area contributed by atoms with E-state index in [1.54, 1.807) is 31.8 Å². The minimum absolute atomic E-state index is 0.127. The Morgan fingerprint density at radius 3 is 2.38 bits per heavy atom. The van der Waals surface area contributed by atoms with Crippen molar-refractivity contribution in [3.05, 3.63) is 66.4 Å². The van der Waals surface area contributed by atoms with Gasteiger partial charge in [-0.15, -0.1) is 5.10 Å². The summed E-state index contributed by atoms with van der Waals surface area (Å²) in [7, 11) is 0. The smallest absolute Gasteiger partial charge is 0.408 e. The highest BCUT2D eigenvalue weighted by Crippen LogP contribution is 2.17. The first-order valence-electron chi connectivity index (χ1n) is 12.2. The minimum atomic E-state index is -1.13. The standard InChI is InChI=1S/C27H33N5O5/c1-27(2,3)37-26(36)30-22(25(34)35)11-7-8-16-28-24(33)17-19-12-14-21(15-13-19)32-29-18-23(31-32)20-9-5-4-6-10-20/h4-6,9-10,12-15,18,22H,7-8,11,16-17H2,1-3H3,(H,28,33)(H,30,36)(H,34,35)/t22-/m0/s1. The predicted molar refractivity (Wildman–Crippen MR) is 138 cm³/mol. The van der Waals surface area contributed by atoms with Gasteiger partial charge in [-0.05, 0) is 57.7 Å². The number of aromatic nitrogens is 3. The van der Waals surface area contributed by atoms with Crippen LogP contribution in [-0.4, -0.2) is 56.3 Å². The van der Waals surface area contributed by atoms with E-state index in [1.165, 1.54) is 0 Å². The number of rotatable bonds is 11. The Bertz CT molecular complexity index is 1190. The monoisotopic (exact) mass is 507 g/mol. The molecular weight excluding hydrogens is 474 g/mol. The van der Waals surface area contributed by atoms with Crippen LogP contribution in [0.25, 0.3) is 16.9 Å². The van der Waals surface area contributed by atoms with Crippen LogP contribution in [0.15, 0.2) is 60.8 Å². The van der Waals surface area contributed by atoms with E-state index in [1.807, 2.05) is 54.6 Å². The number of carbonyl (C=O) groups is 3. The topological polar surface area (TPSA) is 135 Å². The van der Waals surface area contributed by atoms with Crippen molar-refractivity contribution >= 4 is 18.0 Å². The summed E-state index contributed by atoms with van der Waals surface area (Å²) in [5, 5.41) is 23.4. The summed E-state index contributed by atoms with van der Waals surface area (Å²) >= 11 is 0. The van der Waals surface area contributed by atoms with E-state index in [2.05, 4.69) is 20.8 Å². The molecule has 1 atom stereocenters. The molecule has 2 aromatic carbocycles. The van der Waals surface area contributed by atoms with Gasteiger partial charge >= 0.3 is 12.1 Å². The van der Waals surface area contributed by atoms with Gasteiger partial charge in [0, 0.05) is 12.1 Å². The summed E-state index contributed by atoms with van der Waals surface area (Å²) in [6.45, 7) is 5.53. The van der Waals surface area contributed by atoms with E-state index in [0.717, 1.165) is 22.5 Å². The summed E-state index contributed by atoms with van der Waals surface area (Å²) in [5.74, 6) is -1.25. The van der Waals surface area contributed by atoms with Gasteiger partial charge in [-0.3, -0.25) is 4.79 Å². The molecule has 10 nitrogen and oxygen atoms in total. The SMILES string of the molecule is CC(C)(C)OC(=O)N[C@@H](CCCCNC(=O)Cc1ccc(-n2ncc(-c3ccccc3)n2)cc1)C(=O)O. The maximum Gasteiger partial charge on any atom is 0.408 e. The number of aliphatic carboxylic acids is 1. The molecule has 196 valence electrons. The largest absolute Gasteiger partial charge is 0.480 e. The molecule has 1 heterocycles. The number of alkyl carbamates (subject to hydrolysis) is 1. The van der Waals surface area contributed by atoms with Crippen LogP contribution in [0, 0.1) is 0 Å². The number of hydrogen-bond acceptors (Lipinski definition) is 6. The molecule has 37 heavy (non-hydrogen) atoms. The van der Waals surface area contributed by atoms with Gasteiger partial charge in [-0.2, -0.15) is 9.90 Å². The molecule has 0 aliphatic heterocycles. The first-order chi connectivity index (χ1) is 17.6. The number of nitrogens with zero attached hydrogens (tertiary/aromatic N) is 3. The summed E-state index contributed by atoms with van der Waals surface area (Å²) in [6.07, 6.45) is 2.50. The molecule has 3 rings (SSSR count). The molecule has 0 saturated heterocycles. The summed E-state index contributed by atoms with van der Waals surface area (Å²) in [6, 6.07) is 16.2. The van der Waals surface area contributed by atoms with Gasteiger partial charge in [0.15, 0.2) is 0 Å². The van der Waals surface area contributed by atoms with Gasteiger partial charge in [0.2, 0.25) is 5.91 Å². The van der Waals surface area contributed by atoms with Crippen LogP contribution in [0.1, 0.15) is 45.6 Å². The molecule has 3 aromatic rings. The molecule has 0 saturated carbocycles. The Hall–Kier alpha value is -4.21. The van der Waals surface area contributed by atoms with Crippen molar-refractivity contribution in [1.82, 2.24) is 25.6 Å². The van der Waals surface area contributed by atoms with Crippen LogP contribution < -0.4 is 10.6 Å². The summed E-state index contributed by atoms with van der Waals surface area (Å²) < 4.78 is 5.11. The number of carboxylic acids is 1. The molecular formula is C27H33N5O5. The Balaban J connectivity index is 1.39. The van der Waals surface area contributed by atoms with Crippen LogP contribution in [0.4, 0.5) is 4.79 Å². The highest BCUT2D eigenvalue weighted by molar-refractivity contribution is 5.80. The van der Waals surface area contributed by atoms with Crippen molar-refractivity contribution in [2.24, 2.45) is 0 Å². The molecule has 2 amide bonds. The van der Waals surface area contributed by atoms with Gasteiger partial charge in [-0.1, -0.05) is 42.5 Å². The number of benzene rings is 2. The number of amides is 2. The molecule has 0 aliphatic carbocycles. The Kier molecular flexibility index (Phi) is 9.37. The fourth-order valence-electron chi connectivity index (χ4n) is 3.53. The van der Waals surface area contributed by atoms with Gasteiger partial charge in [0.05, 0.1) is 18.3 Å². The third-order valence-corrected chi connectivity index (χ3v) is 5.32. The Labute approximate surface area is 216 Å². The number of unbranched alkanes of at least 4 members (excludes halogenated alkanes) is 1. The van der Waals surface area contributed by atoms with Crippen LogP contribution in [0.5, 0.6) is 0 Å². The minimum Gasteiger partial charge on any atom is -0.480 e. The maximum absolute atomic E-state index is 12.3. The van der Waals surface area contributed by atoms with Crippen LogP contribution in [-0.2, 0) is 20.7 Å². The first-order valence-corrected chi connectivity index (χ1v) is 12.2. The van der Waals surface area contributed by atoms with Crippen molar-refractivity contribution in [3.63, 3.8) is 0 Å². The van der Waals surface area contributed by atoms with Crippen LogP contribution in [0.3, 0.4) is 0 Å². The van der Waals surface area contributed by atoms with E-state index in [9.17, 15) is 19.5 Å². The molecule has 0 aliphatic rings. The van der Waals surface area contributed by atoms with E-state index in [4.69, 9.17) is 4.74 Å². The fourth-order valence-corrected chi connectivity index (χ4v) is 3.53. The molecule has 0 radical (unpaired) electrons. The molecule has 0 fully saturated rings. The van der Waals surface area contributed by atoms with E-state index >= 15 is 0 Å². The summed E-state index contributed by atoms with van der Waals surface area (Å²) in [4.78, 5) is 37.1. The highest BCUT2D eigenvalue weighted by Gasteiger charge is 2.23. The number of nitrogens with one attached hydrogen (secondary N) is 2. The Morgan fingerprint density at radius 2 is 1.73 bits per heavy atom. The van der Waals surface area contributed by atoms with Crippen LogP contribution in [0.2, 0.25) is 0 Å². The lowest BCUT2D eigenvalue weighted by atomic mass is 10.1.